The van der Waals surface area contributed by atoms with Crippen LogP contribution in [0.5, 0.6) is 0 Å². The van der Waals surface area contributed by atoms with Gasteiger partial charge in [-0.15, -0.1) is 11.6 Å². The van der Waals surface area contributed by atoms with E-state index in [0.29, 0.717) is 11.8 Å². The molecule has 0 aromatic heterocycles. The van der Waals surface area contributed by atoms with Crippen molar-refractivity contribution in [2.45, 2.75) is 19.3 Å². The number of benzene rings is 1. The average molecular weight is 213 g/mol. The van der Waals surface area contributed by atoms with Gasteiger partial charge in [-0.3, -0.25) is 0 Å². The van der Waals surface area contributed by atoms with Crippen molar-refractivity contribution in [3.05, 3.63) is 35.4 Å². The fourth-order valence-electron chi connectivity index (χ4n) is 1.43. The molecule has 0 heterocycles. The first kappa shape index (κ1) is 11.5. The molecule has 1 atom stereocenters. The fourth-order valence-corrected chi connectivity index (χ4v) is 1.76. The average Bonchev–Trinajstić information content (AvgIpc) is 2.21. The van der Waals surface area contributed by atoms with Crippen molar-refractivity contribution in [1.82, 2.24) is 0 Å². The van der Waals surface area contributed by atoms with Crippen LogP contribution in [0.3, 0.4) is 0 Å². The maximum Gasteiger partial charge on any atom is 0.0468 e. The molecule has 0 aliphatic rings. The van der Waals surface area contributed by atoms with E-state index in [1.165, 1.54) is 11.1 Å². The minimum Gasteiger partial charge on any atom is -0.385 e. The lowest BCUT2D eigenvalue weighted by molar-refractivity contribution is 0.189. The number of hydrogen-bond donors (Lipinski definition) is 0. The molecule has 1 nitrogen and oxygen atoms in total. The van der Waals surface area contributed by atoms with Crippen LogP contribution in [-0.4, -0.2) is 19.6 Å². The largest absolute Gasteiger partial charge is 0.385 e. The van der Waals surface area contributed by atoms with E-state index in [0.717, 1.165) is 13.0 Å². The Morgan fingerprint density at radius 1 is 1.29 bits per heavy atom. The molecule has 0 bridgehead atoms. The highest BCUT2D eigenvalue weighted by molar-refractivity contribution is 6.18. The van der Waals surface area contributed by atoms with E-state index in [1.807, 2.05) is 0 Å². The van der Waals surface area contributed by atoms with Crippen molar-refractivity contribution in [3.63, 3.8) is 0 Å². The van der Waals surface area contributed by atoms with Crippen LogP contribution in [-0.2, 0) is 4.74 Å². The lowest BCUT2D eigenvalue weighted by atomic mass is 9.97. The second kappa shape index (κ2) is 6.05. The van der Waals surface area contributed by atoms with Gasteiger partial charge in [0.15, 0.2) is 0 Å². The summed E-state index contributed by atoms with van der Waals surface area (Å²) >= 11 is 5.92. The van der Waals surface area contributed by atoms with Gasteiger partial charge in [-0.25, -0.2) is 0 Å². The highest BCUT2D eigenvalue weighted by Crippen LogP contribution is 2.21. The van der Waals surface area contributed by atoms with E-state index in [9.17, 15) is 0 Å². The van der Waals surface area contributed by atoms with Crippen molar-refractivity contribution in [1.29, 1.82) is 0 Å². The van der Waals surface area contributed by atoms with Crippen molar-refractivity contribution in [3.8, 4) is 0 Å². The topological polar surface area (TPSA) is 9.23 Å². The Balaban J connectivity index is 2.64. The highest BCUT2D eigenvalue weighted by Gasteiger charge is 2.09. The molecule has 78 valence electrons. The van der Waals surface area contributed by atoms with Gasteiger partial charge in [0.1, 0.15) is 0 Å². The Labute approximate surface area is 91.0 Å². The molecule has 0 aliphatic carbocycles. The van der Waals surface area contributed by atoms with Crippen LogP contribution < -0.4 is 0 Å². The van der Waals surface area contributed by atoms with Crippen molar-refractivity contribution < 1.29 is 4.74 Å². The van der Waals surface area contributed by atoms with Gasteiger partial charge < -0.3 is 4.74 Å². The third-order valence-corrected chi connectivity index (χ3v) is 2.78. The van der Waals surface area contributed by atoms with Crippen LogP contribution in [0.4, 0.5) is 0 Å². The molecule has 0 N–H and O–H groups in total. The number of ether oxygens (including phenoxy) is 1. The molecule has 0 saturated carbocycles. The van der Waals surface area contributed by atoms with E-state index >= 15 is 0 Å². The van der Waals surface area contributed by atoms with Crippen LogP contribution in [0.2, 0.25) is 0 Å². The zero-order valence-electron chi connectivity index (χ0n) is 8.79. The van der Waals surface area contributed by atoms with Gasteiger partial charge in [0.2, 0.25) is 0 Å². The summed E-state index contributed by atoms with van der Waals surface area (Å²) in [7, 11) is 1.72. The van der Waals surface area contributed by atoms with E-state index in [2.05, 4.69) is 31.2 Å². The first-order chi connectivity index (χ1) is 6.77. The van der Waals surface area contributed by atoms with Gasteiger partial charge in [0, 0.05) is 19.6 Å². The SMILES string of the molecule is COCCC(CCl)c1ccc(C)cc1. The van der Waals surface area contributed by atoms with E-state index < -0.39 is 0 Å². The lowest BCUT2D eigenvalue weighted by Crippen LogP contribution is -2.04. The quantitative estimate of drug-likeness (QED) is 0.681. The zero-order valence-corrected chi connectivity index (χ0v) is 9.55. The molecule has 0 radical (unpaired) electrons. The molecule has 0 fully saturated rings. The summed E-state index contributed by atoms with van der Waals surface area (Å²) in [5, 5.41) is 0. The number of hydrogen-bond acceptors (Lipinski definition) is 1. The van der Waals surface area contributed by atoms with Crippen molar-refractivity contribution in [2.75, 3.05) is 19.6 Å². The summed E-state index contributed by atoms with van der Waals surface area (Å²) < 4.78 is 5.06. The standard InChI is InChI=1S/C12H17ClO/c1-10-3-5-11(6-4-10)12(9-13)7-8-14-2/h3-6,12H,7-9H2,1-2H3. The third kappa shape index (κ3) is 3.32. The summed E-state index contributed by atoms with van der Waals surface area (Å²) in [4.78, 5) is 0. The molecular weight excluding hydrogens is 196 g/mol. The molecule has 1 unspecified atom stereocenters. The van der Waals surface area contributed by atoms with Crippen LogP contribution in [0.15, 0.2) is 24.3 Å². The summed E-state index contributed by atoms with van der Waals surface area (Å²) in [5.74, 6) is 1.07. The summed E-state index contributed by atoms with van der Waals surface area (Å²) in [6, 6.07) is 8.56. The number of aryl methyl sites for hydroxylation is 1. The fraction of sp³-hybridized carbons (Fsp3) is 0.500. The Morgan fingerprint density at radius 2 is 1.93 bits per heavy atom. The molecule has 1 aromatic rings. The van der Waals surface area contributed by atoms with Gasteiger partial charge in [0.05, 0.1) is 0 Å². The summed E-state index contributed by atoms with van der Waals surface area (Å²) in [6.45, 7) is 2.86. The first-order valence-corrected chi connectivity index (χ1v) is 5.43. The van der Waals surface area contributed by atoms with Crippen LogP contribution in [0.1, 0.15) is 23.5 Å². The molecule has 0 spiro atoms. The van der Waals surface area contributed by atoms with Crippen LogP contribution in [0.25, 0.3) is 0 Å². The Bertz CT molecular complexity index is 256. The van der Waals surface area contributed by atoms with Crippen LogP contribution in [0, 0.1) is 6.92 Å². The third-order valence-electron chi connectivity index (χ3n) is 2.41. The lowest BCUT2D eigenvalue weighted by Gasteiger charge is -2.13. The smallest absolute Gasteiger partial charge is 0.0468 e. The predicted molar refractivity (Wildman–Crippen MR) is 61.1 cm³/mol. The van der Waals surface area contributed by atoms with Gasteiger partial charge in [-0.05, 0) is 24.8 Å². The molecule has 1 aromatic carbocycles. The van der Waals surface area contributed by atoms with Gasteiger partial charge in [-0.1, -0.05) is 29.8 Å². The van der Waals surface area contributed by atoms with E-state index in [-0.39, 0.29) is 0 Å². The highest BCUT2D eigenvalue weighted by atomic mass is 35.5. The van der Waals surface area contributed by atoms with Crippen molar-refractivity contribution in [2.24, 2.45) is 0 Å². The second-order valence-corrected chi connectivity index (χ2v) is 3.85. The van der Waals surface area contributed by atoms with E-state index in [1.54, 1.807) is 7.11 Å². The van der Waals surface area contributed by atoms with Crippen LogP contribution >= 0.6 is 11.6 Å². The number of alkyl halides is 1. The maximum absolute atomic E-state index is 5.92. The monoisotopic (exact) mass is 212 g/mol. The summed E-state index contributed by atoms with van der Waals surface area (Å²) in [6.07, 6.45) is 0.989. The van der Waals surface area contributed by atoms with Gasteiger partial charge in [0.25, 0.3) is 0 Å². The number of rotatable bonds is 5. The predicted octanol–water partition coefficient (Wildman–Crippen LogP) is 3.35. The molecular formula is C12H17ClO. The molecule has 2 heteroatoms. The minimum absolute atomic E-state index is 0.414. The van der Waals surface area contributed by atoms with E-state index in [4.69, 9.17) is 16.3 Å². The van der Waals surface area contributed by atoms with Crippen molar-refractivity contribution >= 4 is 11.6 Å². The maximum atomic E-state index is 5.92. The number of methoxy groups -OCH3 is 1. The minimum atomic E-state index is 0.414. The molecule has 1 rings (SSSR count). The Hall–Kier alpha value is -0.530. The zero-order chi connectivity index (χ0) is 10.4. The second-order valence-electron chi connectivity index (χ2n) is 3.54. The van der Waals surface area contributed by atoms with Gasteiger partial charge >= 0.3 is 0 Å². The Kier molecular flexibility index (Phi) is 4.99. The number of halogens is 1. The molecule has 0 saturated heterocycles. The molecule has 0 amide bonds. The summed E-state index contributed by atoms with van der Waals surface area (Å²) in [5.41, 5.74) is 2.59. The molecule has 0 aliphatic heterocycles. The Morgan fingerprint density at radius 3 is 2.43 bits per heavy atom. The molecule has 14 heavy (non-hydrogen) atoms. The normalized spacial score (nSPS) is 12.8. The van der Waals surface area contributed by atoms with Gasteiger partial charge in [-0.2, -0.15) is 0 Å². The first-order valence-electron chi connectivity index (χ1n) is 4.89.